The average molecular weight is 246 g/mol. The summed E-state index contributed by atoms with van der Waals surface area (Å²) in [5.74, 6) is -0.0239. The van der Waals surface area contributed by atoms with Gasteiger partial charge in [-0.3, -0.25) is 4.79 Å². The van der Waals surface area contributed by atoms with Crippen LogP contribution in [0.25, 0.3) is 10.9 Å². The molecule has 0 aliphatic heterocycles. The minimum Gasteiger partial charge on any atom is -0.396 e. The van der Waals surface area contributed by atoms with Gasteiger partial charge in [-0.15, -0.1) is 0 Å². The van der Waals surface area contributed by atoms with E-state index >= 15 is 0 Å². The lowest BCUT2D eigenvalue weighted by molar-refractivity contribution is -0.121. The van der Waals surface area contributed by atoms with E-state index in [4.69, 9.17) is 5.11 Å². The molecule has 1 amide bonds. The molecule has 0 fully saturated rings. The third-order valence-corrected chi connectivity index (χ3v) is 2.96. The van der Waals surface area contributed by atoms with Crippen LogP contribution in [0, 0.1) is 6.92 Å². The predicted molar refractivity (Wildman–Crippen MR) is 71.4 cm³/mol. The number of aromatic nitrogens is 1. The highest BCUT2D eigenvalue weighted by Crippen LogP contribution is 2.19. The number of hydrogen-bond donors (Lipinski definition) is 2. The van der Waals surface area contributed by atoms with Crippen LogP contribution in [0.5, 0.6) is 0 Å². The molecule has 0 spiro atoms. The molecule has 0 radical (unpaired) electrons. The van der Waals surface area contributed by atoms with Gasteiger partial charge in [-0.2, -0.15) is 0 Å². The second-order valence-electron chi connectivity index (χ2n) is 4.38. The Morgan fingerprint density at radius 1 is 1.39 bits per heavy atom. The van der Waals surface area contributed by atoms with Gasteiger partial charge in [0.05, 0.1) is 0 Å². The Hall–Kier alpha value is -1.81. The number of aliphatic hydroxyl groups excluding tert-OH is 1. The fourth-order valence-corrected chi connectivity index (χ4v) is 2.08. The number of nitrogens with zero attached hydrogens (tertiary/aromatic N) is 1. The van der Waals surface area contributed by atoms with Gasteiger partial charge in [-0.05, 0) is 25.0 Å². The zero-order valence-corrected chi connectivity index (χ0v) is 10.5. The van der Waals surface area contributed by atoms with Crippen LogP contribution in [0.4, 0.5) is 0 Å². The summed E-state index contributed by atoms with van der Waals surface area (Å²) in [6.45, 7) is 2.99. The van der Waals surface area contributed by atoms with Gasteiger partial charge in [0, 0.05) is 30.3 Å². The summed E-state index contributed by atoms with van der Waals surface area (Å²) in [7, 11) is 0. The van der Waals surface area contributed by atoms with Gasteiger partial charge in [0.1, 0.15) is 6.54 Å². The van der Waals surface area contributed by atoms with Crippen molar-refractivity contribution in [1.82, 2.24) is 9.88 Å². The maximum Gasteiger partial charge on any atom is 0.239 e. The summed E-state index contributed by atoms with van der Waals surface area (Å²) in [6, 6.07) is 8.05. The summed E-state index contributed by atoms with van der Waals surface area (Å²) in [5, 5.41) is 12.6. The van der Waals surface area contributed by atoms with Crippen molar-refractivity contribution < 1.29 is 9.90 Å². The van der Waals surface area contributed by atoms with E-state index in [1.807, 2.05) is 35.9 Å². The van der Waals surface area contributed by atoms with E-state index < -0.39 is 0 Å². The minimum atomic E-state index is -0.0239. The highest BCUT2D eigenvalue weighted by atomic mass is 16.3. The number of nitrogens with one attached hydrogen (secondary N) is 1. The van der Waals surface area contributed by atoms with Crippen LogP contribution in [0.3, 0.4) is 0 Å². The first-order valence-electron chi connectivity index (χ1n) is 6.14. The Balaban J connectivity index is 2.10. The van der Waals surface area contributed by atoms with E-state index in [9.17, 15) is 4.79 Å². The van der Waals surface area contributed by atoms with Crippen molar-refractivity contribution in [2.45, 2.75) is 19.9 Å². The first-order chi connectivity index (χ1) is 8.72. The quantitative estimate of drug-likeness (QED) is 0.784. The highest BCUT2D eigenvalue weighted by molar-refractivity contribution is 5.85. The summed E-state index contributed by atoms with van der Waals surface area (Å²) in [4.78, 5) is 11.7. The van der Waals surface area contributed by atoms with Crippen LogP contribution in [0.1, 0.15) is 12.0 Å². The average Bonchev–Trinajstić information content (AvgIpc) is 2.67. The molecule has 4 heteroatoms. The number of amides is 1. The molecular weight excluding hydrogens is 228 g/mol. The Bertz CT molecular complexity index is 546. The van der Waals surface area contributed by atoms with E-state index in [2.05, 4.69) is 11.4 Å². The Morgan fingerprint density at radius 2 is 2.17 bits per heavy atom. The van der Waals surface area contributed by atoms with Gasteiger partial charge in [0.2, 0.25) is 5.91 Å². The number of carbonyl (C=O) groups is 1. The summed E-state index contributed by atoms with van der Waals surface area (Å²) >= 11 is 0. The first kappa shape index (κ1) is 12.6. The topological polar surface area (TPSA) is 54.3 Å². The van der Waals surface area contributed by atoms with Crippen molar-refractivity contribution in [3.63, 3.8) is 0 Å². The molecule has 1 aromatic carbocycles. The lowest BCUT2D eigenvalue weighted by atomic mass is 10.2. The van der Waals surface area contributed by atoms with Crippen LogP contribution in [0.15, 0.2) is 30.5 Å². The Morgan fingerprint density at radius 3 is 2.94 bits per heavy atom. The molecule has 96 valence electrons. The smallest absolute Gasteiger partial charge is 0.239 e. The Kier molecular flexibility index (Phi) is 3.99. The van der Waals surface area contributed by atoms with Gasteiger partial charge in [-0.25, -0.2) is 0 Å². The third-order valence-electron chi connectivity index (χ3n) is 2.96. The molecule has 0 saturated carbocycles. The molecule has 2 aromatic rings. The largest absolute Gasteiger partial charge is 0.396 e. The molecule has 2 rings (SSSR count). The van der Waals surface area contributed by atoms with Gasteiger partial charge >= 0.3 is 0 Å². The SMILES string of the molecule is Cc1cn(CC(=O)NCCCO)c2ccccc12. The first-order valence-corrected chi connectivity index (χ1v) is 6.14. The number of aliphatic hydroxyl groups is 1. The number of fused-ring (bicyclic) bond motifs is 1. The second-order valence-corrected chi connectivity index (χ2v) is 4.38. The maximum absolute atomic E-state index is 11.7. The number of para-hydroxylation sites is 1. The number of hydrogen-bond acceptors (Lipinski definition) is 2. The summed E-state index contributed by atoms with van der Waals surface area (Å²) < 4.78 is 1.96. The third kappa shape index (κ3) is 2.71. The van der Waals surface area contributed by atoms with Gasteiger partial charge in [-0.1, -0.05) is 18.2 Å². The van der Waals surface area contributed by atoms with Gasteiger partial charge < -0.3 is 15.0 Å². The molecule has 0 aliphatic carbocycles. The van der Waals surface area contributed by atoms with Crippen molar-refractivity contribution in [2.24, 2.45) is 0 Å². The minimum absolute atomic E-state index is 0.0239. The van der Waals surface area contributed by atoms with Crippen LogP contribution < -0.4 is 5.32 Å². The normalized spacial score (nSPS) is 10.8. The summed E-state index contributed by atoms with van der Waals surface area (Å²) in [5.41, 5.74) is 2.25. The summed E-state index contributed by atoms with van der Waals surface area (Å²) in [6.07, 6.45) is 2.59. The van der Waals surface area contributed by atoms with Crippen molar-refractivity contribution in [3.8, 4) is 0 Å². The fourth-order valence-electron chi connectivity index (χ4n) is 2.08. The van der Waals surface area contributed by atoms with Crippen molar-refractivity contribution in [1.29, 1.82) is 0 Å². The standard InChI is InChI=1S/C14H18N2O2/c1-11-9-16(10-14(18)15-7-4-8-17)13-6-3-2-5-12(11)13/h2-3,5-6,9,17H,4,7-8,10H2,1H3,(H,15,18). The van der Waals surface area contributed by atoms with E-state index in [1.54, 1.807) is 0 Å². The van der Waals surface area contributed by atoms with Crippen molar-refractivity contribution >= 4 is 16.8 Å². The van der Waals surface area contributed by atoms with Crippen LogP contribution in [0.2, 0.25) is 0 Å². The van der Waals surface area contributed by atoms with Crippen molar-refractivity contribution in [3.05, 3.63) is 36.0 Å². The number of carbonyl (C=O) groups excluding carboxylic acids is 1. The zero-order chi connectivity index (χ0) is 13.0. The van der Waals surface area contributed by atoms with Crippen LogP contribution in [-0.4, -0.2) is 28.7 Å². The van der Waals surface area contributed by atoms with E-state index in [0.717, 1.165) is 5.52 Å². The van der Waals surface area contributed by atoms with Crippen LogP contribution >= 0.6 is 0 Å². The molecule has 2 N–H and O–H groups in total. The molecule has 4 nitrogen and oxygen atoms in total. The van der Waals surface area contributed by atoms with E-state index in [0.29, 0.717) is 19.5 Å². The van der Waals surface area contributed by atoms with E-state index in [-0.39, 0.29) is 12.5 Å². The number of aryl methyl sites for hydroxylation is 1. The van der Waals surface area contributed by atoms with E-state index in [1.165, 1.54) is 10.9 Å². The molecule has 18 heavy (non-hydrogen) atoms. The second kappa shape index (κ2) is 5.69. The molecule has 0 saturated heterocycles. The molecule has 0 aliphatic rings. The lowest BCUT2D eigenvalue weighted by Gasteiger charge is -2.06. The lowest BCUT2D eigenvalue weighted by Crippen LogP contribution is -2.28. The molecule has 1 aromatic heterocycles. The van der Waals surface area contributed by atoms with Gasteiger partial charge in [0.15, 0.2) is 0 Å². The number of rotatable bonds is 5. The molecule has 0 atom stereocenters. The monoisotopic (exact) mass is 246 g/mol. The maximum atomic E-state index is 11.7. The van der Waals surface area contributed by atoms with Crippen LogP contribution in [-0.2, 0) is 11.3 Å². The molecule has 0 unspecified atom stereocenters. The van der Waals surface area contributed by atoms with Crippen molar-refractivity contribution in [2.75, 3.05) is 13.2 Å². The fraction of sp³-hybridized carbons (Fsp3) is 0.357. The molecular formula is C14H18N2O2. The zero-order valence-electron chi connectivity index (χ0n) is 10.5. The highest BCUT2D eigenvalue weighted by Gasteiger charge is 2.07. The Labute approximate surface area is 106 Å². The molecule has 0 bridgehead atoms. The molecule has 1 heterocycles. The predicted octanol–water partition coefficient (Wildman–Crippen LogP) is 1.45. The number of benzene rings is 1. The van der Waals surface area contributed by atoms with Gasteiger partial charge in [0.25, 0.3) is 0 Å².